The average Bonchev–Trinajstić information content (AvgIpc) is 2.65. The molecular formula is C19H20FNO5S. The van der Waals surface area contributed by atoms with Gasteiger partial charge in [0.25, 0.3) is 0 Å². The topological polar surface area (TPSA) is 84.9 Å². The molecule has 144 valence electrons. The van der Waals surface area contributed by atoms with Gasteiger partial charge in [-0.15, -0.1) is 11.8 Å². The van der Waals surface area contributed by atoms with Gasteiger partial charge in [0.05, 0.1) is 19.5 Å². The summed E-state index contributed by atoms with van der Waals surface area (Å²) in [6, 6.07) is 9.64. The summed E-state index contributed by atoms with van der Waals surface area (Å²) >= 11 is 1.26. The normalized spacial score (nSPS) is 11.5. The van der Waals surface area contributed by atoms with Crippen molar-refractivity contribution >= 4 is 23.6 Å². The van der Waals surface area contributed by atoms with E-state index in [4.69, 9.17) is 9.47 Å². The van der Waals surface area contributed by atoms with Crippen LogP contribution in [0.3, 0.4) is 0 Å². The summed E-state index contributed by atoms with van der Waals surface area (Å²) in [5.74, 6) is -1.69. The molecule has 0 heterocycles. The SMILES string of the molecule is CCOc1ccc(SCC(=O)NC(C(=O)O)c2ccc(OC)c(F)c2)cc1. The number of halogens is 1. The highest BCUT2D eigenvalue weighted by Gasteiger charge is 2.23. The molecule has 2 aromatic rings. The molecule has 2 N–H and O–H groups in total. The number of rotatable bonds is 9. The Morgan fingerprint density at radius 2 is 1.93 bits per heavy atom. The maximum atomic E-state index is 13.8. The predicted molar refractivity (Wildman–Crippen MR) is 99.8 cm³/mol. The van der Waals surface area contributed by atoms with Gasteiger partial charge in [-0.25, -0.2) is 9.18 Å². The van der Waals surface area contributed by atoms with Crippen molar-refractivity contribution in [3.8, 4) is 11.5 Å². The van der Waals surface area contributed by atoms with Gasteiger partial charge in [-0.05, 0) is 48.9 Å². The highest BCUT2D eigenvalue weighted by Crippen LogP contribution is 2.24. The molecule has 0 aromatic heterocycles. The molecule has 0 spiro atoms. The molecule has 8 heteroatoms. The molecule has 0 fully saturated rings. The van der Waals surface area contributed by atoms with E-state index in [0.717, 1.165) is 16.7 Å². The van der Waals surface area contributed by atoms with E-state index in [0.29, 0.717) is 6.61 Å². The van der Waals surface area contributed by atoms with E-state index in [-0.39, 0.29) is 17.1 Å². The summed E-state index contributed by atoms with van der Waals surface area (Å²) in [5.41, 5.74) is 0.125. The van der Waals surface area contributed by atoms with E-state index in [2.05, 4.69) is 5.32 Å². The van der Waals surface area contributed by atoms with Gasteiger partial charge in [0.1, 0.15) is 5.75 Å². The highest BCUT2D eigenvalue weighted by atomic mass is 32.2. The zero-order valence-corrected chi connectivity index (χ0v) is 15.7. The van der Waals surface area contributed by atoms with Crippen LogP contribution in [0.5, 0.6) is 11.5 Å². The van der Waals surface area contributed by atoms with Crippen LogP contribution in [-0.2, 0) is 9.59 Å². The third kappa shape index (κ3) is 5.89. The number of hydrogen-bond donors (Lipinski definition) is 2. The lowest BCUT2D eigenvalue weighted by Gasteiger charge is -2.15. The van der Waals surface area contributed by atoms with E-state index in [1.165, 1.54) is 31.0 Å². The van der Waals surface area contributed by atoms with Crippen molar-refractivity contribution in [2.45, 2.75) is 17.9 Å². The molecule has 0 saturated heterocycles. The number of aliphatic carboxylic acids is 1. The number of methoxy groups -OCH3 is 1. The lowest BCUT2D eigenvalue weighted by atomic mass is 10.1. The van der Waals surface area contributed by atoms with Gasteiger partial charge >= 0.3 is 5.97 Å². The van der Waals surface area contributed by atoms with Gasteiger partial charge in [-0.3, -0.25) is 4.79 Å². The summed E-state index contributed by atoms with van der Waals surface area (Å²) in [5, 5.41) is 11.8. The third-order valence-electron chi connectivity index (χ3n) is 3.57. The Hall–Kier alpha value is -2.74. The summed E-state index contributed by atoms with van der Waals surface area (Å²) in [7, 11) is 1.31. The van der Waals surface area contributed by atoms with Crippen LogP contribution in [0.25, 0.3) is 0 Å². The lowest BCUT2D eigenvalue weighted by Crippen LogP contribution is -2.34. The molecule has 0 aliphatic rings. The summed E-state index contributed by atoms with van der Waals surface area (Å²) in [4.78, 5) is 24.5. The number of benzene rings is 2. The number of carbonyl (C=O) groups is 2. The number of hydrogen-bond acceptors (Lipinski definition) is 5. The predicted octanol–water partition coefficient (Wildman–Crippen LogP) is 3.27. The molecule has 2 aromatic carbocycles. The van der Waals surface area contributed by atoms with Crippen molar-refractivity contribution in [3.63, 3.8) is 0 Å². The number of ether oxygens (including phenoxy) is 2. The fourth-order valence-corrected chi connectivity index (χ4v) is 3.01. The second kappa shape index (κ2) is 9.82. The van der Waals surface area contributed by atoms with Crippen LogP contribution in [0, 0.1) is 5.82 Å². The number of nitrogens with one attached hydrogen (secondary N) is 1. The second-order valence-electron chi connectivity index (χ2n) is 5.43. The van der Waals surface area contributed by atoms with E-state index >= 15 is 0 Å². The molecule has 0 aliphatic heterocycles. The van der Waals surface area contributed by atoms with E-state index < -0.39 is 23.7 Å². The maximum absolute atomic E-state index is 13.8. The van der Waals surface area contributed by atoms with Gasteiger partial charge in [0.15, 0.2) is 17.6 Å². The molecular weight excluding hydrogens is 373 g/mol. The van der Waals surface area contributed by atoms with Crippen LogP contribution >= 0.6 is 11.8 Å². The first-order valence-electron chi connectivity index (χ1n) is 8.15. The quantitative estimate of drug-likeness (QED) is 0.636. The summed E-state index contributed by atoms with van der Waals surface area (Å²) in [6.45, 7) is 2.46. The number of carboxylic acid groups (broad SMARTS) is 1. The minimum absolute atomic E-state index is 0.000250. The smallest absolute Gasteiger partial charge is 0.330 e. The Morgan fingerprint density at radius 1 is 1.22 bits per heavy atom. The molecule has 0 bridgehead atoms. The zero-order chi connectivity index (χ0) is 19.8. The molecule has 1 atom stereocenters. The molecule has 1 unspecified atom stereocenters. The summed E-state index contributed by atoms with van der Waals surface area (Å²) in [6.07, 6.45) is 0. The Morgan fingerprint density at radius 3 is 2.48 bits per heavy atom. The molecule has 27 heavy (non-hydrogen) atoms. The van der Waals surface area contributed by atoms with Gasteiger partial charge in [0, 0.05) is 4.90 Å². The lowest BCUT2D eigenvalue weighted by molar-refractivity contribution is -0.141. The largest absolute Gasteiger partial charge is 0.494 e. The summed E-state index contributed by atoms with van der Waals surface area (Å²) < 4.78 is 24.0. The Balaban J connectivity index is 1.98. The standard InChI is InChI=1S/C19H20FNO5S/c1-3-26-13-5-7-14(8-6-13)27-11-17(22)21-18(19(23)24)12-4-9-16(25-2)15(20)10-12/h4-10,18H,3,11H2,1-2H3,(H,21,22)(H,23,24). The van der Waals surface area contributed by atoms with E-state index in [9.17, 15) is 19.1 Å². The van der Waals surface area contributed by atoms with Crippen molar-refractivity contribution in [3.05, 3.63) is 53.8 Å². The van der Waals surface area contributed by atoms with Gasteiger partial charge in [-0.2, -0.15) is 0 Å². The molecule has 6 nitrogen and oxygen atoms in total. The minimum Gasteiger partial charge on any atom is -0.494 e. The fraction of sp³-hybridized carbons (Fsp3) is 0.263. The first kappa shape index (κ1) is 20.6. The van der Waals surface area contributed by atoms with Crippen LogP contribution in [0.15, 0.2) is 47.4 Å². The molecule has 0 radical (unpaired) electrons. The van der Waals surface area contributed by atoms with Crippen molar-refractivity contribution in [1.29, 1.82) is 0 Å². The van der Waals surface area contributed by atoms with E-state index in [1.807, 2.05) is 19.1 Å². The van der Waals surface area contributed by atoms with Gasteiger partial charge in [-0.1, -0.05) is 6.07 Å². The van der Waals surface area contributed by atoms with Crippen molar-refractivity contribution in [1.82, 2.24) is 5.32 Å². The van der Waals surface area contributed by atoms with Crippen LogP contribution < -0.4 is 14.8 Å². The minimum atomic E-state index is -1.35. The van der Waals surface area contributed by atoms with Gasteiger partial charge < -0.3 is 19.9 Å². The number of thioether (sulfide) groups is 1. The van der Waals surface area contributed by atoms with Crippen LogP contribution in [0.1, 0.15) is 18.5 Å². The van der Waals surface area contributed by atoms with Crippen LogP contribution in [0.2, 0.25) is 0 Å². The zero-order valence-electron chi connectivity index (χ0n) is 14.9. The first-order valence-corrected chi connectivity index (χ1v) is 9.14. The number of carbonyl (C=O) groups excluding carboxylic acids is 1. The maximum Gasteiger partial charge on any atom is 0.330 e. The number of carboxylic acids is 1. The third-order valence-corrected chi connectivity index (χ3v) is 4.58. The first-order chi connectivity index (χ1) is 12.9. The molecule has 1 amide bonds. The highest BCUT2D eigenvalue weighted by molar-refractivity contribution is 8.00. The monoisotopic (exact) mass is 393 g/mol. The fourth-order valence-electron chi connectivity index (χ4n) is 2.30. The van der Waals surface area contributed by atoms with Crippen molar-refractivity contribution in [2.24, 2.45) is 0 Å². The Labute approximate surface area is 160 Å². The van der Waals surface area contributed by atoms with Crippen LogP contribution in [0.4, 0.5) is 4.39 Å². The Kier molecular flexibility index (Phi) is 7.48. The molecule has 0 aliphatic carbocycles. The van der Waals surface area contributed by atoms with Crippen molar-refractivity contribution in [2.75, 3.05) is 19.5 Å². The molecule has 2 rings (SSSR count). The van der Waals surface area contributed by atoms with Gasteiger partial charge in [0.2, 0.25) is 5.91 Å². The Bertz CT molecular complexity index is 797. The second-order valence-corrected chi connectivity index (χ2v) is 6.47. The average molecular weight is 393 g/mol. The number of amides is 1. The van der Waals surface area contributed by atoms with E-state index in [1.54, 1.807) is 12.1 Å². The molecule has 0 saturated carbocycles. The van der Waals surface area contributed by atoms with Crippen molar-refractivity contribution < 1.29 is 28.6 Å². The van der Waals surface area contributed by atoms with Crippen LogP contribution in [-0.4, -0.2) is 36.5 Å².